The summed E-state index contributed by atoms with van der Waals surface area (Å²) in [5.74, 6) is -1.13. The maximum Gasteiger partial charge on any atom is 0.305 e. The fourth-order valence-corrected chi connectivity index (χ4v) is 2.68. The lowest BCUT2D eigenvalue weighted by atomic mass is 10.2. The summed E-state index contributed by atoms with van der Waals surface area (Å²) in [5.41, 5.74) is 0.480. The summed E-state index contributed by atoms with van der Waals surface area (Å²) in [7, 11) is 0. The molecular weight excluding hydrogens is 340 g/mol. The highest BCUT2D eigenvalue weighted by Crippen LogP contribution is 2.19. The van der Waals surface area contributed by atoms with Gasteiger partial charge in [0.05, 0.1) is 18.1 Å². The molecule has 1 unspecified atom stereocenters. The van der Waals surface area contributed by atoms with Crippen LogP contribution < -0.4 is 0 Å². The first-order valence-electron chi connectivity index (χ1n) is 6.80. The number of aliphatic carboxylic acids is 1. The Morgan fingerprint density at radius 3 is 2.95 bits per heavy atom. The Kier molecular flexibility index (Phi) is 5.69. The summed E-state index contributed by atoms with van der Waals surface area (Å²) in [5, 5.41) is 8.84. The van der Waals surface area contributed by atoms with E-state index in [1.165, 1.54) is 0 Å². The van der Waals surface area contributed by atoms with Crippen molar-refractivity contribution < 1.29 is 19.4 Å². The number of rotatable bonds is 6. The van der Waals surface area contributed by atoms with Gasteiger partial charge in [0.15, 0.2) is 0 Å². The summed E-state index contributed by atoms with van der Waals surface area (Å²) >= 11 is 3.30. The molecule has 1 aliphatic rings. The highest BCUT2D eigenvalue weighted by atomic mass is 79.9. The van der Waals surface area contributed by atoms with Gasteiger partial charge in [0.1, 0.15) is 0 Å². The summed E-state index contributed by atoms with van der Waals surface area (Å²) < 4.78 is 6.14. The van der Waals surface area contributed by atoms with Gasteiger partial charge in [-0.1, -0.05) is 0 Å². The second kappa shape index (κ2) is 7.51. The third kappa shape index (κ3) is 4.50. The molecule has 0 radical (unpaired) electrons. The van der Waals surface area contributed by atoms with Crippen LogP contribution >= 0.6 is 15.9 Å². The van der Waals surface area contributed by atoms with Crippen molar-refractivity contribution in [1.29, 1.82) is 0 Å². The topological polar surface area (TPSA) is 79.7 Å². The Morgan fingerprint density at radius 1 is 1.52 bits per heavy atom. The highest BCUT2D eigenvalue weighted by Gasteiger charge is 2.24. The number of carbonyl (C=O) groups excluding carboxylic acids is 1. The summed E-state index contributed by atoms with van der Waals surface area (Å²) in [4.78, 5) is 28.8. The van der Waals surface area contributed by atoms with Gasteiger partial charge in [-0.15, -0.1) is 0 Å². The molecule has 2 rings (SSSR count). The molecule has 6 nitrogen and oxygen atoms in total. The van der Waals surface area contributed by atoms with E-state index in [9.17, 15) is 9.59 Å². The van der Waals surface area contributed by atoms with Gasteiger partial charge in [-0.3, -0.25) is 14.6 Å². The van der Waals surface area contributed by atoms with Crippen molar-refractivity contribution in [2.24, 2.45) is 0 Å². The van der Waals surface area contributed by atoms with Gasteiger partial charge in [-0.25, -0.2) is 0 Å². The third-order valence-electron chi connectivity index (χ3n) is 3.33. The van der Waals surface area contributed by atoms with Gasteiger partial charge in [-0.2, -0.15) is 0 Å². The molecule has 0 saturated carbocycles. The van der Waals surface area contributed by atoms with E-state index in [2.05, 4.69) is 20.9 Å². The van der Waals surface area contributed by atoms with E-state index in [0.29, 0.717) is 23.2 Å². The minimum atomic E-state index is -0.922. The molecule has 1 atom stereocenters. The molecule has 7 heteroatoms. The second-order valence-electron chi connectivity index (χ2n) is 4.89. The number of hydrogen-bond donors (Lipinski definition) is 1. The van der Waals surface area contributed by atoms with Gasteiger partial charge in [0.25, 0.3) is 5.91 Å². The first-order valence-corrected chi connectivity index (χ1v) is 7.59. The van der Waals surface area contributed by atoms with E-state index >= 15 is 0 Å². The monoisotopic (exact) mass is 356 g/mol. The molecule has 0 bridgehead atoms. The summed E-state index contributed by atoms with van der Waals surface area (Å²) in [6.45, 7) is 1.29. The first-order chi connectivity index (χ1) is 10.1. The largest absolute Gasteiger partial charge is 0.481 e. The third-order valence-corrected chi connectivity index (χ3v) is 3.97. The van der Waals surface area contributed by atoms with Crippen LogP contribution in [0.5, 0.6) is 0 Å². The van der Waals surface area contributed by atoms with Crippen molar-refractivity contribution in [2.45, 2.75) is 25.4 Å². The molecule has 1 aliphatic heterocycles. The number of ether oxygens (including phenoxy) is 1. The zero-order valence-electron chi connectivity index (χ0n) is 11.5. The van der Waals surface area contributed by atoms with Crippen molar-refractivity contribution in [1.82, 2.24) is 9.88 Å². The Bertz CT molecular complexity index is 517. The number of halogens is 1. The molecule has 1 N–H and O–H groups in total. The Labute approximate surface area is 131 Å². The number of carboxylic acid groups (broad SMARTS) is 1. The molecule has 0 aromatic carbocycles. The fraction of sp³-hybridized carbons (Fsp3) is 0.500. The Morgan fingerprint density at radius 2 is 2.33 bits per heavy atom. The quantitative estimate of drug-likeness (QED) is 0.842. The lowest BCUT2D eigenvalue weighted by Gasteiger charge is -2.25. The van der Waals surface area contributed by atoms with E-state index < -0.39 is 5.97 Å². The minimum absolute atomic E-state index is 0.0108. The average Bonchev–Trinajstić information content (AvgIpc) is 2.96. The van der Waals surface area contributed by atoms with Gasteiger partial charge in [0, 0.05) is 36.6 Å². The van der Waals surface area contributed by atoms with Crippen LogP contribution in [0, 0.1) is 0 Å². The van der Waals surface area contributed by atoms with Crippen LogP contribution in [0.1, 0.15) is 29.6 Å². The number of carboxylic acids is 1. The highest BCUT2D eigenvalue weighted by molar-refractivity contribution is 9.10. The van der Waals surface area contributed by atoms with E-state index in [4.69, 9.17) is 9.84 Å². The minimum Gasteiger partial charge on any atom is -0.481 e. The van der Waals surface area contributed by atoms with Gasteiger partial charge in [0.2, 0.25) is 0 Å². The molecule has 114 valence electrons. The number of nitrogens with zero attached hydrogens (tertiary/aromatic N) is 2. The van der Waals surface area contributed by atoms with Crippen molar-refractivity contribution in [2.75, 3.05) is 19.7 Å². The van der Waals surface area contributed by atoms with Gasteiger partial charge in [-0.05, 0) is 34.8 Å². The van der Waals surface area contributed by atoms with Crippen molar-refractivity contribution >= 4 is 27.8 Å². The van der Waals surface area contributed by atoms with Crippen LogP contribution in [0.4, 0.5) is 0 Å². The molecule has 1 aromatic rings. The SMILES string of the molecule is O=C(O)CCN(CC1CCCO1)C(=O)c1ccncc1Br. The lowest BCUT2D eigenvalue weighted by Crippen LogP contribution is -2.39. The number of carbonyl (C=O) groups is 2. The molecule has 0 spiro atoms. The van der Waals surface area contributed by atoms with Crippen molar-refractivity contribution in [3.63, 3.8) is 0 Å². The zero-order valence-corrected chi connectivity index (χ0v) is 13.1. The Balaban J connectivity index is 2.10. The normalized spacial score (nSPS) is 17.7. The lowest BCUT2D eigenvalue weighted by molar-refractivity contribution is -0.137. The van der Waals surface area contributed by atoms with Gasteiger partial charge < -0.3 is 14.7 Å². The van der Waals surface area contributed by atoms with Crippen LogP contribution in [-0.2, 0) is 9.53 Å². The molecule has 2 heterocycles. The number of pyridine rings is 1. The number of aromatic nitrogens is 1. The van der Waals surface area contributed by atoms with Crippen LogP contribution in [0.2, 0.25) is 0 Å². The molecular formula is C14H17BrN2O4. The van der Waals surface area contributed by atoms with E-state index in [1.807, 2.05) is 0 Å². The van der Waals surface area contributed by atoms with Crippen LogP contribution in [0.15, 0.2) is 22.9 Å². The van der Waals surface area contributed by atoms with Crippen LogP contribution in [0.3, 0.4) is 0 Å². The fourth-order valence-electron chi connectivity index (χ4n) is 2.26. The van der Waals surface area contributed by atoms with Crippen LogP contribution in [0.25, 0.3) is 0 Å². The van der Waals surface area contributed by atoms with Gasteiger partial charge >= 0.3 is 5.97 Å². The Hall–Kier alpha value is -1.47. The number of amides is 1. The van der Waals surface area contributed by atoms with E-state index in [1.54, 1.807) is 23.4 Å². The zero-order chi connectivity index (χ0) is 15.2. The maximum atomic E-state index is 12.6. The molecule has 1 saturated heterocycles. The molecule has 1 amide bonds. The second-order valence-corrected chi connectivity index (χ2v) is 5.74. The summed E-state index contributed by atoms with van der Waals surface area (Å²) in [6.07, 6.45) is 4.87. The smallest absolute Gasteiger partial charge is 0.305 e. The van der Waals surface area contributed by atoms with E-state index in [-0.39, 0.29) is 25.0 Å². The molecule has 21 heavy (non-hydrogen) atoms. The predicted molar refractivity (Wildman–Crippen MR) is 79.1 cm³/mol. The molecule has 0 aliphatic carbocycles. The average molecular weight is 357 g/mol. The van der Waals surface area contributed by atoms with Crippen LogP contribution in [-0.4, -0.2) is 52.7 Å². The summed E-state index contributed by atoms with van der Waals surface area (Å²) in [6, 6.07) is 1.62. The standard InChI is InChI=1S/C14H17BrN2O4/c15-12-8-16-5-3-11(12)14(20)17(6-4-13(18)19)9-10-2-1-7-21-10/h3,5,8,10H,1-2,4,6-7,9H2,(H,18,19). The first kappa shape index (κ1) is 15.9. The maximum absolute atomic E-state index is 12.6. The number of hydrogen-bond acceptors (Lipinski definition) is 4. The van der Waals surface area contributed by atoms with Crippen molar-refractivity contribution in [3.8, 4) is 0 Å². The predicted octanol–water partition coefficient (Wildman–Crippen LogP) is 1.94. The van der Waals surface area contributed by atoms with Crippen molar-refractivity contribution in [3.05, 3.63) is 28.5 Å². The van der Waals surface area contributed by atoms with E-state index in [0.717, 1.165) is 12.8 Å². The molecule has 1 fully saturated rings. The molecule has 1 aromatic heterocycles.